The van der Waals surface area contributed by atoms with Crippen molar-refractivity contribution in [2.75, 3.05) is 9.80 Å². The van der Waals surface area contributed by atoms with Crippen molar-refractivity contribution in [3.63, 3.8) is 0 Å². The Balaban J connectivity index is 1.27. The summed E-state index contributed by atoms with van der Waals surface area (Å²) in [5.41, 5.74) is 20.5. The Labute approximate surface area is 399 Å². The van der Waals surface area contributed by atoms with Gasteiger partial charge in [0.15, 0.2) is 0 Å². The third-order valence-corrected chi connectivity index (χ3v) is 18.6. The lowest BCUT2D eigenvalue weighted by Gasteiger charge is -2.46. The van der Waals surface area contributed by atoms with Crippen LogP contribution in [0, 0.1) is 0 Å². The second-order valence-corrected chi connectivity index (χ2v) is 27.0. The second-order valence-electron chi connectivity index (χ2n) is 27.0. The molecule has 4 heteroatoms. The van der Waals surface area contributed by atoms with E-state index >= 15 is 0 Å². The normalized spacial score (nSPS) is 22.7. The van der Waals surface area contributed by atoms with Crippen molar-refractivity contribution in [1.29, 1.82) is 0 Å². The van der Waals surface area contributed by atoms with Crippen LogP contribution in [-0.4, -0.2) is 11.9 Å². The van der Waals surface area contributed by atoms with E-state index in [2.05, 4.69) is 206 Å². The molecule has 0 bridgehead atoms. The summed E-state index contributed by atoms with van der Waals surface area (Å²) in [6, 6.07) is 33.7. The van der Waals surface area contributed by atoms with Crippen molar-refractivity contribution in [2.24, 2.45) is 0 Å². The van der Waals surface area contributed by atoms with E-state index in [1.54, 1.807) is 0 Å². The maximum Gasteiger partial charge on any atom is 0.365 e. The van der Waals surface area contributed by atoms with Crippen LogP contribution in [0.1, 0.15) is 207 Å². The van der Waals surface area contributed by atoms with Gasteiger partial charge in [-0.2, -0.15) is 0 Å². The zero-order chi connectivity index (χ0) is 47.5. The number of nitrogens with zero attached hydrogens (tertiary/aromatic N) is 2. The minimum absolute atomic E-state index is 0.00882. The van der Waals surface area contributed by atoms with Crippen LogP contribution in [0.15, 0.2) is 84.9 Å². The van der Waals surface area contributed by atoms with Crippen molar-refractivity contribution in [2.45, 2.75) is 205 Å². The Kier molecular flexibility index (Phi) is 9.92. The molecule has 1 N–H and O–H groups in total. The van der Waals surface area contributed by atoms with Gasteiger partial charge in [0.25, 0.3) is 0 Å². The van der Waals surface area contributed by atoms with Crippen LogP contribution >= 0.6 is 0 Å². The summed E-state index contributed by atoms with van der Waals surface area (Å²) < 4.78 is 0. The van der Waals surface area contributed by atoms with Crippen molar-refractivity contribution in [3.8, 4) is 0 Å². The van der Waals surface area contributed by atoms with Crippen LogP contribution in [0.25, 0.3) is 0 Å². The minimum atomic E-state index is -0.843. The van der Waals surface area contributed by atoms with E-state index in [0.29, 0.717) is 0 Å². The number of benzene rings is 5. The third kappa shape index (κ3) is 6.90. The zero-order valence-electron chi connectivity index (χ0n) is 43.7. The summed E-state index contributed by atoms with van der Waals surface area (Å²) in [7, 11) is 0. The summed E-state index contributed by atoms with van der Waals surface area (Å²) in [5, 5.41) is 13.5. The van der Waals surface area contributed by atoms with Crippen LogP contribution in [0.2, 0.25) is 0 Å². The Hall–Kier alpha value is -4.28. The standard InChI is InChI=1S/C62H79BN2O/c1-55(2)26-29-58(7,8)45-34-39(20-23-42(45)55)64(40-21-24-43-46(35-40)59(9,10)30-27-56(43,3)4)51-18-17-19-52-54(51)63(66)50-37-48-49(62(15,16)33-32-61(48,13)14)38-53(50)65(52)41-22-25-44-47(36-41)60(11,12)31-28-57(44,5)6/h17-25,34-38,66H,26-33H2,1-16H3. The van der Waals surface area contributed by atoms with Gasteiger partial charge in [-0.05, 0) is 199 Å². The SMILES string of the molecule is CC1(C)CCC(C)(C)c2cc(N(c3ccc4c(c3)C(C)(C)CCC4(C)C)c3cccc4c3B(O)c3cc5c(cc3N4c3ccc4c(c3)C(C)(C)CCC4(C)C)C(C)(C)CCC5(C)C)ccc21. The topological polar surface area (TPSA) is 26.7 Å². The molecule has 5 aromatic carbocycles. The number of anilines is 6. The molecule has 10 rings (SSSR count). The van der Waals surface area contributed by atoms with Gasteiger partial charge in [-0.25, -0.2) is 0 Å². The molecule has 0 radical (unpaired) electrons. The highest BCUT2D eigenvalue weighted by atomic mass is 16.2. The smallest absolute Gasteiger partial charge is 0.365 e. The van der Waals surface area contributed by atoms with Crippen molar-refractivity contribution < 1.29 is 5.02 Å². The first-order valence-electron chi connectivity index (χ1n) is 25.6. The molecule has 0 saturated heterocycles. The Morgan fingerprint density at radius 1 is 0.394 bits per heavy atom. The molecule has 0 saturated carbocycles. The fourth-order valence-corrected chi connectivity index (χ4v) is 13.4. The van der Waals surface area contributed by atoms with Crippen molar-refractivity contribution in [1.82, 2.24) is 0 Å². The highest BCUT2D eigenvalue weighted by Crippen LogP contribution is 2.54. The van der Waals surface area contributed by atoms with Gasteiger partial charge in [0, 0.05) is 39.6 Å². The number of fused-ring (bicyclic) bond motifs is 6. The van der Waals surface area contributed by atoms with Crippen LogP contribution in [0.5, 0.6) is 0 Å². The van der Waals surface area contributed by atoms with E-state index in [1.165, 1.54) is 69.5 Å². The van der Waals surface area contributed by atoms with E-state index < -0.39 is 6.92 Å². The molecule has 0 aromatic heterocycles. The highest BCUT2D eigenvalue weighted by molar-refractivity contribution is 6.83. The molecule has 346 valence electrons. The lowest BCUT2D eigenvalue weighted by molar-refractivity contribution is 0.332. The average Bonchev–Trinajstić information content (AvgIpc) is 3.25. The summed E-state index contributed by atoms with van der Waals surface area (Å²) >= 11 is 0. The van der Waals surface area contributed by atoms with Gasteiger partial charge in [-0.1, -0.05) is 141 Å². The van der Waals surface area contributed by atoms with E-state index in [9.17, 15) is 5.02 Å². The predicted molar refractivity (Wildman–Crippen MR) is 284 cm³/mol. The molecule has 0 unspecified atom stereocenters. The lowest BCUT2D eigenvalue weighted by Crippen LogP contribution is -2.52. The molecule has 0 fully saturated rings. The average molecular weight is 879 g/mol. The van der Waals surface area contributed by atoms with Gasteiger partial charge in [-0.3, -0.25) is 0 Å². The van der Waals surface area contributed by atoms with Crippen LogP contribution < -0.4 is 20.7 Å². The van der Waals surface area contributed by atoms with E-state index in [1.807, 2.05) is 0 Å². The molecule has 66 heavy (non-hydrogen) atoms. The lowest BCUT2D eigenvalue weighted by atomic mass is 9.50. The van der Waals surface area contributed by atoms with Gasteiger partial charge >= 0.3 is 6.92 Å². The molecule has 5 aromatic rings. The molecule has 5 aliphatic rings. The molecular weight excluding hydrogens is 800 g/mol. The van der Waals surface area contributed by atoms with Gasteiger partial charge in [0.05, 0.1) is 0 Å². The first-order valence-corrected chi connectivity index (χ1v) is 25.6. The predicted octanol–water partition coefficient (Wildman–Crippen LogP) is 15.4. The molecule has 0 atom stereocenters. The first kappa shape index (κ1) is 45.5. The van der Waals surface area contributed by atoms with E-state index in [4.69, 9.17) is 0 Å². The Morgan fingerprint density at radius 2 is 0.758 bits per heavy atom. The van der Waals surface area contributed by atoms with Gasteiger partial charge in [0.1, 0.15) is 0 Å². The van der Waals surface area contributed by atoms with Crippen LogP contribution in [0.4, 0.5) is 34.1 Å². The Morgan fingerprint density at radius 3 is 1.20 bits per heavy atom. The van der Waals surface area contributed by atoms with Gasteiger partial charge in [0.2, 0.25) is 0 Å². The number of hydrogen-bond acceptors (Lipinski definition) is 3. The fraction of sp³-hybridized carbons (Fsp3) is 0.516. The zero-order valence-corrected chi connectivity index (χ0v) is 43.7. The van der Waals surface area contributed by atoms with Crippen molar-refractivity contribution in [3.05, 3.63) is 129 Å². The monoisotopic (exact) mass is 879 g/mol. The van der Waals surface area contributed by atoms with Crippen LogP contribution in [0.3, 0.4) is 0 Å². The number of hydrogen-bond donors (Lipinski definition) is 1. The molecule has 1 aliphatic heterocycles. The highest BCUT2D eigenvalue weighted by Gasteiger charge is 2.46. The molecule has 0 amide bonds. The summed E-state index contributed by atoms with van der Waals surface area (Å²) in [5.74, 6) is 0. The molecule has 3 nitrogen and oxygen atoms in total. The maximum absolute atomic E-state index is 13.5. The molecular formula is C62H79BN2O. The summed E-state index contributed by atoms with van der Waals surface area (Å²) in [6.45, 7) is 38.0. The Bertz CT molecular complexity index is 2730. The summed E-state index contributed by atoms with van der Waals surface area (Å²) in [6.07, 6.45) is 9.24. The fourth-order valence-electron chi connectivity index (χ4n) is 13.4. The van der Waals surface area contributed by atoms with Gasteiger partial charge < -0.3 is 14.8 Å². The van der Waals surface area contributed by atoms with E-state index in [-0.39, 0.29) is 43.3 Å². The van der Waals surface area contributed by atoms with E-state index in [0.717, 1.165) is 71.5 Å². The number of rotatable bonds is 4. The third-order valence-electron chi connectivity index (χ3n) is 18.6. The molecule has 4 aliphatic carbocycles. The quantitative estimate of drug-likeness (QED) is 0.182. The van der Waals surface area contributed by atoms with Crippen molar-refractivity contribution >= 4 is 52.0 Å². The molecule has 1 heterocycles. The second kappa shape index (κ2) is 14.4. The minimum Gasteiger partial charge on any atom is -0.443 e. The molecule has 0 spiro atoms. The maximum atomic E-state index is 13.5. The largest absolute Gasteiger partial charge is 0.443 e. The summed E-state index contributed by atoms with van der Waals surface area (Å²) in [4.78, 5) is 5.05. The van der Waals surface area contributed by atoms with Gasteiger partial charge in [-0.15, -0.1) is 0 Å². The first-order chi connectivity index (χ1) is 30.6. The van der Waals surface area contributed by atoms with Crippen LogP contribution in [-0.2, 0) is 43.3 Å².